The van der Waals surface area contributed by atoms with Gasteiger partial charge < -0.3 is 9.84 Å². The quantitative estimate of drug-likeness (QED) is 0.828. The van der Waals surface area contributed by atoms with Gasteiger partial charge in [-0.25, -0.2) is 4.98 Å². The summed E-state index contributed by atoms with van der Waals surface area (Å²) < 4.78 is 42.2. The Morgan fingerprint density at radius 1 is 1.40 bits per heavy atom. The summed E-state index contributed by atoms with van der Waals surface area (Å²) in [5, 5.41) is 9.39. The molecule has 0 aliphatic heterocycles. The number of aliphatic hydroxyl groups is 1. The monoisotopic (exact) mass is 221 g/mol. The SMILES string of the molecule is COc1ncccc1C(C)(O)C(F)(F)F. The third kappa shape index (κ3) is 2.04. The second-order valence-electron chi connectivity index (χ2n) is 3.13. The summed E-state index contributed by atoms with van der Waals surface area (Å²) >= 11 is 0. The Kier molecular flexibility index (Phi) is 2.90. The third-order valence-electron chi connectivity index (χ3n) is 2.04. The first-order valence-corrected chi connectivity index (χ1v) is 4.09. The van der Waals surface area contributed by atoms with Crippen molar-refractivity contribution in [3.05, 3.63) is 23.9 Å². The first-order chi connectivity index (χ1) is 6.80. The zero-order valence-corrected chi connectivity index (χ0v) is 8.17. The molecule has 6 heteroatoms. The lowest BCUT2D eigenvalue weighted by Crippen LogP contribution is -2.39. The molecule has 0 fully saturated rings. The Hall–Kier alpha value is -1.30. The highest BCUT2D eigenvalue weighted by atomic mass is 19.4. The molecule has 0 radical (unpaired) electrons. The van der Waals surface area contributed by atoms with Crippen molar-refractivity contribution in [1.29, 1.82) is 0 Å². The maximum absolute atomic E-state index is 12.5. The maximum Gasteiger partial charge on any atom is 0.421 e. The number of hydrogen-bond donors (Lipinski definition) is 1. The predicted octanol–water partition coefficient (Wildman–Crippen LogP) is 1.86. The van der Waals surface area contributed by atoms with E-state index in [0.717, 1.165) is 6.07 Å². The molecule has 1 aromatic heterocycles. The molecule has 0 aliphatic rings. The minimum absolute atomic E-state index is 0.236. The molecule has 1 rings (SSSR count). The summed E-state index contributed by atoms with van der Waals surface area (Å²) in [6.45, 7) is 0.659. The van der Waals surface area contributed by atoms with Crippen LogP contribution in [0.3, 0.4) is 0 Å². The van der Waals surface area contributed by atoms with Gasteiger partial charge in [0, 0.05) is 6.20 Å². The van der Waals surface area contributed by atoms with Crippen molar-refractivity contribution in [3.63, 3.8) is 0 Å². The molecule has 0 aliphatic carbocycles. The maximum atomic E-state index is 12.5. The third-order valence-corrected chi connectivity index (χ3v) is 2.04. The second-order valence-corrected chi connectivity index (χ2v) is 3.13. The van der Waals surface area contributed by atoms with Crippen LogP contribution in [0.25, 0.3) is 0 Å². The highest BCUT2D eigenvalue weighted by Crippen LogP contribution is 2.41. The van der Waals surface area contributed by atoms with Gasteiger partial charge in [-0.2, -0.15) is 13.2 Å². The number of rotatable bonds is 2. The van der Waals surface area contributed by atoms with Gasteiger partial charge >= 0.3 is 6.18 Å². The highest BCUT2D eigenvalue weighted by molar-refractivity contribution is 5.32. The topological polar surface area (TPSA) is 42.4 Å². The van der Waals surface area contributed by atoms with Crippen LogP contribution in [-0.2, 0) is 5.60 Å². The molecule has 1 N–H and O–H groups in total. The number of aromatic nitrogens is 1. The van der Waals surface area contributed by atoms with Crippen molar-refractivity contribution in [3.8, 4) is 5.88 Å². The fourth-order valence-electron chi connectivity index (χ4n) is 1.08. The van der Waals surface area contributed by atoms with Crippen molar-refractivity contribution < 1.29 is 23.0 Å². The van der Waals surface area contributed by atoms with Gasteiger partial charge in [0.05, 0.1) is 12.7 Å². The first-order valence-electron chi connectivity index (χ1n) is 4.09. The summed E-state index contributed by atoms with van der Waals surface area (Å²) in [6.07, 6.45) is -3.49. The molecule has 1 atom stereocenters. The van der Waals surface area contributed by atoms with Crippen molar-refractivity contribution >= 4 is 0 Å². The van der Waals surface area contributed by atoms with E-state index in [9.17, 15) is 18.3 Å². The van der Waals surface area contributed by atoms with Gasteiger partial charge in [0.15, 0.2) is 5.60 Å². The Morgan fingerprint density at radius 3 is 2.47 bits per heavy atom. The average Bonchev–Trinajstić information content (AvgIpc) is 2.16. The van der Waals surface area contributed by atoms with Gasteiger partial charge in [-0.3, -0.25) is 0 Å². The first kappa shape index (κ1) is 11.8. The minimum Gasteiger partial charge on any atom is -0.481 e. The van der Waals surface area contributed by atoms with Crippen LogP contribution in [0.1, 0.15) is 12.5 Å². The molecule has 0 spiro atoms. The van der Waals surface area contributed by atoms with E-state index in [1.165, 1.54) is 19.4 Å². The molecule has 84 valence electrons. The average molecular weight is 221 g/mol. The number of methoxy groups -OCH3 is 1. The second kappa shape index (κ2) is 3.69. The van der Waals surface area contributed by atoms with Crippen LogP contribution in [0.4, 0.5) is 13.2 Å². The number of nitrogens with zero attached hydrogens (tertiary/aromatic N) is 1. The molecule has 1 unspecified atom stereocenters. The van der Waals surface area contributed by atoms with Gasteiger partial charge in [0.25, 0.3) is 0 Å². The number of halogens is 3. The number of hydrogen-bond acceptors (Lipinski definition) is 3. The molecule has 0 amide bonds. The van der Waals surface area contributed by atoms with Gasteiger partial charge in [0.2, 0.25) is 5.88 Å². The van der Waals surface area contributed by atoms with Crippen LogP contribution in [-0.4, -0.2) is 23.4 Å². The molecular formula is C9H10F3NO2. The van der Waals surface area contributed by atoms with Crippen LogP contribution >= 0.6 is 0 Å². The van der Waals surface area contributed by atoms with E-state index in [1.54, 1.807) is 0 Å². The van der Waals surface area contributed by atoms with E-state index >= 15 is 0 Å². The number of pyridine rings is 1. The smallest absolute Gasteiger partial charge is 0.421 e. The van der Waals surface area contributed by atoms with E-state index < -0.39 is 17.3 Å². The summed E-state index contributed by atoms with van der Waals surface area (Å²) in [4.78, 5) is 3.59. The van der Waals surface area contributed by atoms with E-state index in [-0.39, 0.29) is 5.88 Å². The molecule has 0 aromatic carbocycles. The highest BCUT2D eigenvalue weighted by Gasteiger charge is 2.52. The normalized spacial score (nSPS) is 15.9. The van der Waals surface area contributed by atoms with Crippen molar-refractivity contribution in [2.24, 2.45) is 0 Å². The van der Waals surface area contributed by atoms with Crippen LogP contribution in [0.2, 0.25) is 0 Å². The van der Waals surface area contributed by atoms with E-state index in [2.05, 4.69) is 9.72 Å². The summed E-state index contributed by atoms with van der Waals surface area (Å²) in [5.41, 5.74) is -3.37. The van der Waals surface area contributed by atoms with E-state index in [4.69, 9.17) is 0 Å². The lowest BCUT2D eigenvalue weighted by Gasteiger charge is -2.27. The van der Waals surface area contributed by atoms with Crippen LogP contribution in [0, 0.1) is 0 Å². The van der Waals surface area contributed by atoms with Crippen LogP contribution in [0.15, 0.2) is 18.3 Å². The fraction of sp³-hybridized carbons (Fsp3) is 0.444. The lowest BCUT2D eigenvalue weighted by atomic mass is 9.96. The van der Waals surface area contributed by atoms with Crippen molar-refractivity contribution in [2.45, 2.75) is 18.7 Å². The largest absolute Gasteiger partial charge is 0.481 e. The number of alkyl halides is 3. The Labute approximate surface area is 84.5 Å². The minimum atomic E-state index is -4.77. The molecule has 0 saturated heterocycles. The molecular weight excluding hydrogens is 211 g/mol. The molecule has 1 heterocycles. The summed E-state index contributed by atoms with van der Waals surface area (Å²) in [7, 11) is 1.19. The van der Waals surface area contributed by atoms with Crippen molar-refractivity contribution in [2.75, 3.05) is 7.11 Å². The zero-order valence-electron chi connectivity index (χ0n) is 8.17. The predicted molar refractivity (Wildman–Crippen MR) is 46.4 cm³/mol. The van der Waals surface area contributed by atoms with Gasteiger partial charge in [-0.1, -0.05) is 0 Å². The van der Waals surface area contributed by atoms with Crippen LogP contribution in [0.5, 0.6) is 5.88 Å². The Balaban J connectivity index is 3.26. The van der Waals surface area contributed by atoms with Gasteiger partial charge in [-0.05, 0) is 19.1 Å². The lowest BCUT2D eigenvalue weighted by molar-refractivity contribution is -0.259. The molecule has 3 nitrogen and oxygen atoms in total. The molecule has 0 saturated carbocycles. The Morgan fingerprint density at radius 2 is 2.00 bits per heavy atom. The zero-order chi connectivity index (χ0) is 11.7. The Bertz CT molecular complexity index is 349. The summed E-state index contributed by atoms with van der Waals surface area (Å²) in [5.74, 6) is -0.236. The van der Waals surface area contributed by atoms with Gasteiger partial charge in [-0.15, -0.1) is 0 Å². The van der Waals surface area contributed by atoms with Crippen LogP contribution < -0.4 is 4.74 Å². The van der Waals surface area contributed by atoms with E-state index in [1.807, 2.05) is 0 Å². The summed E-state index contributed by atoms with van der Waals surface area (Å²) in [6, 6.07) is 2.43. The van der Waals surface area contributed by atoms with Crippen molar-refractivity contribution in [1.82, 2.24) is 4.98 Å². The molecule has 1 aromatic rings. The van der Waals surface area contributed by atoms with E-state index in [0.29, 0.717) is 6.92 Å². The standard InChI is InChI=1S/C9H10F3NO2/c1-8(14,9(10,11)12)6-4-3-5-13-7(6)15-2/h3-5,14H,1-2H3. The number of ether oxygens (including phenoxy) is 1. The molecule has 15 heavy (non-hydrogen) atoms. The van der Waals surface area contributed by atoms with Gasteiger partial charge in [0.1, 0.15) is 0 Å². The fourth-order valence-corrected chi connectivity index (χ4v) is 1.08. The molecule has 0 bridgehead atoms.